The second-order valence-electron chi connectivity index (χ2n) is 7.57. The molecule has 6 nitrogen and oxygen atoms in total. The predicted octanol–water partition coefficient (Wildman–Crippen LogP) is 3.73. The molecule has 0 unspecified atom stereocenters. The molecule has 0 saturated heterocycles. The van der Waals surface area contributed by atoms with Crippen LogP contribution in [0, 0.1) is 13.8 Å². The zero-order valence-corrected chi connectivity index (χ0v) is 18.7. The van der Waals surface area contributed by atoms with Crippen LogP contribution in [0.25, 0.3) is 0 Å². The van der Waals surface area contributed by atoms with Gasteiger partial charge in [-0.25, -0.2) is 8.42 Å². The lowest BCUT2D eigenvalue weighted by molar-refractivity contribution is -0.120. The van der Waals surface area contributed by atoms with Gasteiger partial charge in [0.2, 0.25) is 15.9 Å². The van der Waals surface area contributed by atoms with Gasteiger partial charge in [0.05, 0.1) is 24.1 Å². The highest BCUT2D eigenvalue weighted by atomic mass is 32.2. The van der Waals surface area contributed by atoms with Crippen molar-refractivity contribution in [2.24, 2.45) is 0 Å². The summed E-state index contributed by atoms with van der Waals surface area (Å²) in [6.07, 6.45) is 1.04. The van der Waals surface area contributed by atoms with E-state index in [2.05, 4.69) is 5.32 Å². The number of nitrogens with zero attached hydrogens (tertiary/aromatic N) is 1. The molecule has 7 heteroatoms. The second kappa shape index (κ2) is 9.31. The number of nitrogens with one attached hydrogen (secondary N) is 1. The number of sulfonamides is 1. The van der Waals surface area contributed by atoms with Crippen molar-refractivity contribution in [3.8, 4) is 5.75 Å². The van der Waals surface area contributed by atoms with Gasteiger partial charge in [-0.2, -0.15) is 0 Å². The molecule has 0 spiro atoms. The third kappa shape index (κ3) is 6.49. The quantitative estimate of drug-likeness (QED) is 0.709. The maximum absolute atomic E-state index is 12.6. The van der Waals surface area contributed by atoms with Crippen LogP contribution < -0.4 is 14.4 Å². The Labute approximate surface area is 173 Å². The minimum atomic E-state index is -3.65. The Bertz CT molecular complexity index is 971. The Morgan fingerprint density at radius 3 is 2.34 bits per heavy atom. The number of ether oxygens (including phenoxy) is 1. The minimum Gasteiger partial charge on any atom is -0.491 e. The molecule has 0 aliphatic carbocycles. The van der Waals surface area contributed by atoms with Crippen molar-refractivity contribution < 1.29 is 17.9 Å². The smallest absolute Gasteiger partial charge is 0.241 e. The first kappa shape index (κ1) is 22.7. The van der Waals surface area contributed by atoms with Crippen molar-refractivity contribution in [3.63, 3.8) is 0 Å². The molecule has 0 aromatic heterocycles. The largest absolute Gasteiger partial charge is 0.491 e. The van der Waals surface area contributed by atoms with Gasteiger partial charge in [-0.05, 0) is 63.4 Å². The van der Waals surface area contributed by atoms with E-state index in [0.717, 1.165) is 21.7 Å². The summed E-state index contributed by atoms with van der Waals surface area (Å²) in [5.74, 6) is 0.173. The van der Waals surface area contributed by atoms with E-state index in [9.17, 15) is 13.2 Å². The molecular formula is C22H30N2O4S. The number of rotatable bonds is 8. The Morgan fingerprint density at radius 2 is 1.76 bits per heavy atom. The van der Waals surface area contributed by atoms with Gasteiger partial charge in [0.1, 0.15) is 12.3 Å². The summed E-state index contributed by atoms with van der Waals surface area (Å²) in [4.78, 5) is 12.6. The van der Waals surface area contributed by atoms with Crippen molar-refractivity contribution in [1.82, 2.24) is 5.32 Å². The van der Waals surface area contributed by atoms with Crippen LogP contribution in [0.2, 0.25) is 0 Å². The van der Waals surface area contributed by atoms with Gasteiger partial charge in [-0.1, -0.05) is 24.3 Å². The fourth-order valence-corrected chi connectivity index (χ4v) is 3.77. The first-order valence-electron chi connectivity index (χ1n) is 9.58. The average Bonchev–Trinajstić information content (AvgIpc) is 2.60. The lowest BCUT2D eigenvalue weighted by Crippen LogP contribution is -2.41. The van der Waals surface area contributed by atoms with Crippen LogP contribution in [0.4, 0.5) is 5.69 Å². The van der Waals surface area contributed by atoms with Crippen LogP contribution in [-0.4, -0.2) is 33.2 Å². The summed E-state index contributed by atoms with van der Waals surface area (Å²) in [7, 11) is -3.65. The first-order valence-corrected chi connectivity index (χ1v) is 11.4. The van der Waals surface area contributed by atoms with E-state index in [-0.39, 0.29) is 24.6 Å². The Morgan fingerprint density at radius 1 is 1.07 bits per heavy atom. The Balaban J connectivity index is 2.18. The molecular weight excluding hydrogens is 388 g/mol. The number of hydrogen-bond acceptors (Lipinski definition) is 4. The highest BCUT2D eigenvalue weighted by Gasteiger charge is 2.22. The van der Waals surface area contributed by atoms with E-state index in [1.807, 2.05) is 52.8 Å². The number of anilines is 1. The van der Waals surface area contributed by atoms with Crippen molar-refractivity contribution in [1.29, 1.82) is 0 Å². The predicted molar refractivity (Wildman–Crippen MR) is 117 cm³/mol. The molecule has 2 aromatic rings. The normalized spacial score (nSPS) is 12.5. The zero-order valence-electron chi connectivity index (χ0n) is 17.9. The van der Waals surface area contributed by atoms with Crippen LogP contribution >= 0.6 is 0 Å². The average molecular weight is 419 g/mol. The summed E-state index contributed by atoms with van der Waals surface area (Å²) < 4.78 is 31.4. The molecule has 0 radical (unpaired) electrons. The number of aryl methyl sites for hydroxylation is 2. The lowest BCUT2D eigenvalue weighted by atomic mass is 10.0. The topological polar surface area (TPSA) is 75.7 Å². The van der Waals surface area contributed by atoms with E-state index in [4.69, 9.17) is 4.74 Å². The summed E-state index contributed by atoms with van der Waals surface area (Å²) in [5, 5.41) is 2.89. The number of carbonyl (C=O) groups is 1. The van der Waals surface area contributed by atoms with Crippen LogP contribution in [0.5, 0.6) is 5.75 Å². The summed E-state index contributed by atoms with van der Waals surface area (Å²) in [5.41, 5.74) is 3.68. The summed E-state index contributed by atoms with van der Waals surface area (Å²) in [6, 6.07) is 12.5. The first-order chi connectivity index (χ1) is 13.5. The highest BCUT2D eigenvalue weighted by molar-refractivity contribution is 7.92. The van der Waals surface area contributed by atoms with E-state index >= 15 is 0 Å². The molecule has 29 heavy (non-hydrogen) atoms. The van der Waals surface area contributed by atoms with Crippen molar-refractivity contribution in [2.75, 3.05) is 17.1 Å². The monoisotopic (exact) mass is 418 g/mol. The van der Waals surface area contributed by atoms with E-state index < -0.39 is 10.0 Å². The third-order valence-electron chi connectivity index (χ3n) is 4.57. The number of amides is 1. The molecule has 1 atom stereocenters. The number of hydrogen-bond donors (Lipinski definition) is 1. The van der Waals surface area contributed by atoms with E-state index in [1.54, 1.807) is 24.3 Å². The fraction of sp³-hybridized carbons (Fsp3) is 0.409. The molecule has 0 aliphatic rings. The SMILES string of the molecule is Cc1ccc([C@H](C)NC(=O)CN(c2cccc(OC(C)C)c2)S(C)(=O)=O)cc1C. The van der Waals surface area contributed by atoms with Crippen molar-refractivity contribution in [3.05, 3.63) is 59.2 Å². The molecule has 0 fully saturated rings. The van der Waals surface area contributed by atoms with Gasteiger partial charge < -0.3 is 10.1 Å². The van der Waals surface area contributed by atoms with Crippen LogP contribution in [-0.2, 0) is 14.8 Å². The summed E-state index contributed by atoms with van der Waals surface area (Å²) >= 11 is 0. The minimum absolute atomic E-state index is 0.0425. The van der Waals surface area contributed by atoms with Gasteiger partial charge in [0, 0.05) is 6.07 Å². The molecule has 2 aromatic carbocycles. The molecule has 0 bridgehead atoms. The lowest BCUT2D eigenvalue weighted by Gasteiger charge is -2.24. The van der Waals surface area contributed by atoms with E-state index in [0.29, 0.717) is 11.4 Å². The molecule has 158 valence electrons. The van der Waals surface area contributed by atoms with E-state index in [1.165, 1.54) is 5.56 Å². The van der Waals surface area contributed by atoms with Gasteiger partial charge in [-0.3, -0.25) is 9.10 Å². The fourth-order valence-electron chi connectivity index (χ4n) is 2.92. The second-order valence-corrected chi connectivity index (χ2v) is 9.47. The molecule has 0 aliphatic heterocycles. The maximum atomic E-state index is 12.6. The molecule has 1 N–H and O–H groups in total. The maximum Gasteiger partial charge on any atom is 0.241 e. The highest BCUT2D eigenvalue weighted by Crippen LogP contribution is 2.24. The molecule has 0 saturated carbocycles. The van der Waals surface area contributed by atoms with Gasteiger partial charge >= 0.3 is 0 Å². The zero-order chi connectivity index (χ0) is 21.8. The Hall–Kier alpha value is -2.54. The molecule has 0 heterocycles. The standard InChI is InChI=1S/C22H30N2O4S/c1-15(2)28-21-9-7-8-20(13-21)24(29(6,26)27)14-22(25)23-18(5)19-11-10-16(3)17(4)12-19/h7-13,15,18H,14H2,1-6H3,(H,23,25)/t18-/m0/s1. The number of carbonyl (C=O) groups excluding carboxylic acids is 1. The van der Waals surface area contributed by atoms with Gasteiger partial charge in [0.25, 0.3) is 0 Å². The van der Waals surface area contributed by atoms with Crippen LogP contribution in [0.1, 0.15) is 43.5 Å². The van der Waals surface area contributed by atoms with Crippen molar-refractivity contribution >= 4 is 21.6 Å². The third-order valence-corrected chi connectivity index (χ3v) is 5.71. The van der Waals surface area contributed by atoms with Crippen molar-refractivity contribution in [2.45, 2.75) is 46.8 Å². The van der Waals surface area contributed by atoms with Crippen LogP contribution in [0.15, 0.2) is 42.5 Å². The van der Waals surface area contributed by atoms with Gasteiger partial charge in [0.15, 0.2) is 0 Å². The number of benzene rings is 2. The van der Waals surface area contributed by atoms with Gasteiger partial charge in [-0.15, -0.1) is 0 Å². The molecule has 2 rings (SSSR count). The Kier molecular flexibility index (Phi) is 7.30. The molecule has 1 amide bonds. The van der Waals surface area contributed by atoms with Crippen LogP contribution in [0.3, 0.4) is 0 Å². The summed E-state index contributed by atoms with van der Waals surface area (Å²) in [6.45, 7) is 9.41.